The van der Waals surface area contributed by atoms with Gasteiger partial charge in [-0.1, -0.05) is 12.1 Å². The molecule has 11 heteroatoms. The summed E-state index contributed by atoms with van der Waals surface area (Å²) >= 11 is 0. The van der Waals surface area contributed by atoms with E-state index in [9.17, 15) is 30.6 Å². The van der Waals surface area contributed by atoms with Crippen molar-refractivity contribution >= 4 is 0 Å². The van der Waals surface area contributed by atoms with Crippen molar-refractivity contribution in [2.75, 3.05) is 34.0 Å². The Morgan fingerprint density at radius 2 is 1.62 bits per heavy atom. The number of hydrogen-bond acceptors (Lipinski definition) is 11. The van der Waals surface area contributed by atoms with Gasteiger partial charge in [0.1, 0.15) is 24.4 Å². The molecule has 0 aromatic heterocycles. The summed E-state index contributed by atoms with van der Waals surface area (Å²) in [5.74, 6) is 0.766. The van der Waals surface area contributed by atoms with E-state index in [1.165, 1.54) is 14.2 Å². The molecule has 2 fully saturated rings. The highest BCUT2D eigenvalue weighted by atomic mass is 16.7. The van der Waals surface area contributed by atoms with Crippen molar-refractivity contribution < 1.29 is 54.3 Å². The molecule has 8 atom stereocenters. The summed E-state index contributed by atoms with van der Waals surface area (Å²) in [5, 5.41) is 59.7. The maximum Gasteiger partial charge on any atom is 0.229 e. The molecule has 0 unspecified atom stereocenters. The van der Waals surface area contributed by atoms with Crippen molar-refractivity contribution in [3.63, 3.8) is 0 Å². The quantitative estimate of drug-likeness (QED) is 0.265. The van der Waals surface area contributed by atoms with Gasteiger partial charge < -0.3 is 54.3 Å². The lowest BCUT2D eigenvalue weighted by molar-refractivity contribution is -0.277. The average molecular weight is 523 g/mol. The van der Waals surface area contributed by atoms with E-state index in [4.69, 9.17) is 23.7 Å². The van der Waals surface area contributed by atoms with Crippen molar-refractivity contribution in [3.8, 4) is 23.0 Å². The molecular weight excluding hydrogens is 488 g/mol. The number of aliphatic hydroxyl groups excluding tert-OH is 5. The van der Waals surface area contributed by atoms with Crippen LogP contribution in [-0.2, 0) is 15.9 Å². The van der Waals surface area contributed by atoms with Crippen molar-refractivity contribution in [1.82, 2.24) is 0 Å². The third kappa shape index (κ3) is 5.63. The Bertz CT molecular complexity index is 1050. The molecule has 2 aliphatic heterocycles. The van der Waals surface area contributed by atoms with Crippen LogP contribution in [0.15, 0.2) is 36.4 Å². The van der Waals surface area contributed by atoms with Crippen LogP contribution >= 0.6 is 0 Å². The Morgan fingerprint density at radius 1 is 0.865 bits per heavy atom. The zero-order valence-electron chi connectivity index (χ0n) is 20.6. The Morgan fingerprint density at radius 3 is 2.30 bits per heavy atom. The molecule has 0 bridgehead atoms. The van der Waals surface area contributed by atoms with Gasteiger partial charge in [0.2, 0.25) is 6.29 Å². The number of ether oxygens (including phenoxy) is 5. The van der Waals surface area contributed by atoms with E-state index in [1.807, 2.05) is 6.07 Å². The summed E-state index contributed by atoms with van der Waals surface area (Å²) in [4.78, 5) is 0. The van der Waals surface area contributed by atoms with E-state index in [-0.39, 0.29) is 29.9 Å². The molecular formula is C26H34O11. The van der Waals surface area contributed by atoms with Gasteiger partial charge in [-0.25, -0.2) is 0 Å². The summed E-state index contributed by atoms with van der Waals surface area (Å²) in [7, 11) is 2.93. The predicted octanol–water partition coefficient (Wildman–Crippen LogP) is 0.127. The molecule has 4 rings (SSSR count). The van der Waals surface area contributed by atoms with Crippen molar-refractivity contribution in [2.24, 2.45) is 11.8 Å². The SMILES string of the molecule is COc1cc(C[C@@H]2CO[C@H](c3ccc(O[C@@H]4O[C@H](CO)[C@@H](O)[C@H](O)[C@H]4O)c(OC)c3)[C@H]2CO)ccc1O. The van der Waals surface area contributed by atoms with Gasteiger partial charge in [0.15, 0.2) is 23.0 Å². The number of phenols is 1. The minimum atomic E-state index is -1.57. The van der Waals surface area contributed by atoms with Crippen molar-refractivity contribution in [3.05, 3.63) is 47.5 Å². The lowest BCUT2D eigenvalue weighted by Crippen LogP contribution is -2.60. The summed E-state index contributed by atoms with van der Waals surface area (Å²) < 4.78 is 27.9. The van der Waals surface area contributed by atoms with Crippen LogP contribution in [0.3, 0.4) is 0 Å². The second-order valence-electron chi connectivity index (χ2n) is 9.30. The molecule has 11 nitrogen and oxygen atoms in total. The molecule has 0 spiro atoms. The summed E-state index contributed by atoms with van der Waals surface area (Å²) in [6.45, 7) is -0.249. The van der Waals surface area contributed by atoms with Crippen molar-refractivity contribution in [2.45, 2.75) is 43.2 Å². The first-order valence-corrected chi connectivity index (χ1v) is 12.0. The Labute approximate surface area is 214 Å². The fraction of sp³-hybridized carbons (Fsp3) is 0.538. The van der Waals surface area contributed by atoms with Crippen LogP contribution in [0.1, 0.15) is 17.2 Å². The zero-order chi connectivity index (χ0) is 26.7. The molecule has 2 saturated heterocycles. The van der Waals surface area contributed by atoms with E-state index in [0.29, 0.717) is 24.5 Å². The first-order chi connectivity index (χ1) is 17.8. The minimum absolute atomic E-state index is 0.0142. The standard InChI is InChI=1S/C26H34O11/c1-33-19-8-13(3-5-17(19)29)7-15-12-35-25(16(15)10-27)14-4-6-18(20(9-14)34-2)36-26-24(32)23(31)22(30)21(11-28)37-26/h3-6,8-9,15-16,21-32H,7,10-12H2,1-2H3/t15-,16+,21-,22-,23+,24-,25-,26-/m1/s1. The van der Waals surface area contributed by atoms with Crippen LogP contribution < -0.4 is 14.2 Å². The maximum atomic E-state index is 10.3. The van der Waals surface area contributed by atoms with Crippen LogP contribution in [0.5, 0.6) is 23.0 Å². The number of methoxy groups -OCH3 is 2. The van der Waals surface area contributed by atoms with Gasteiger partial charge in [0.25, 0.3) is 0 Å². The van der Waals surface area contributed by atoms with Gasteiger partial charge in [-0.3, -0.25) is 0 Å². The Hall–Kier alpha value is -2.64. The number of phenolic OH excluding ortho intramolecular Hbond substituents is 1. The normalized spacial score (nSPS) is 31.8. The average Bonchev–Trinajstić information content (AvgIpc) is 3.32. The highest BCUT2D eigenvalue weighted by molar-refractivity contribution is 5.44. The Kier molecular flexibility index (Phi) is 8.75. The van der Waals surface area contributed by atoms with Crippen LogP contribution in [-0.4, -0.2) is 95.4 Å². The van der Waals surface area contributed by atoms with Gasteiger partial charge >= 0.3 is 0 Å². The molecule has 0 aliphatic carbocycles. The molecule has 2 aromatic carbocycles. The van der Waals surface area contributed by atoms with Crippen LogP contribution in [0, 0.1) is 11.8 Å². The van der Waals surface area contributed by atoms with E-state index in [2.05, 4.69) is 0 Å². The maximum absolute atomic E-state index is 10.3. The Balaban J connectivity index is 1.49. The molecule has 37 heavy (non-hydrogen) atoms. The third-order valence-corrected chi connectivity index (χ3v) is 7.04. The molecule has 2 aliphatic rings. The van der Waals surface area contributed by atoms with Crippen LogP contribution in [0.4, 0.5) is 0 Å². The molecule has 0 amide bonds. The fourth-order valence-electron chi connectivity index (χ4n) is 4.92. The second kappa shape index (κ2) is 11.8. The van der Waals surface area contributed by atoms with Crippen molar-refractivity contribution in [1.29, 1.82) is 0 Å². The molecule has 204 valence electrons. The summed E-state index contributed by atoms with van der Waals surface area (Å²) in [6.07, 6.45) is -6.86. The predicted molar refractivity (Wildman–Crippen MR) is 129 cm³/mol. The lowest BCUT2D eigenvalue weighted by Gasteiger charge is -2.39. The number of aliphatic hydroxyl groups is 5. The molecule has 0 saturated carbocycles. The topological polar surface area (TPSA) is 168 Å². The van der Waals surface area contributed by atoms with E-state index in [1.54, 1.807) is 30.3 Å². The summed E-state index contributed by atoms with van der Waals surface area (Å²) in [6, 6.07) is 10.2. The molecule has 6 N–H and O–H groups in total. The largest absolute Gasteiger partial charge is 0.504 e. The number of hydrogen-bond donors (Lipinski definition) is 6. The number of benzene rings is 2. The summed E-state index contributed by atoms with van der Waals surface area (Å²) in [5.41, 5.74) is 1.70. The lowest BCUT2D eigenvalue weighted by atomic mass is 9.84. The second-order valence-corrected chi connectivity index (χ2v) is 9.30. The van der Waals surface area contributed by atoms with E-state index in [0.717, 1.165) is 11.1 Å². The highest BCUT2D eigenvalue weighted by Gasteiger charge is 2.45. The van der Waals surface area contributed by atoms with Crippen LogP contribution in [0.25, 0.3) is 0 Å². The smallest absolute Gasteiger partial charge is 0.229 e. The first-order valence-electron chi connectivity index (χ1n) is 12.0. The number of aromatic hydroxyl groups is 1. The van der Waals surface area contributed by atoms with Gasteiger partial charge in [-0.2, -0.15) is 0 Å². The highest BCUT2D eigenvalue weighted by Crippen LogP contribution is 2.43. The van der Waals surface area contributed by atoms with Gasteiger partial charge in [-0.05, 0) is 47.7 Å². The van der Waals surface area contributed by atoms with Gasteiger partial charge in [0, 0.05) is 12.5 Å². The number of rotatable bonds is 9. The van der Waals surface area contributed by atoms with E-state index < -0.39 is 43.4 Å². The third-order valence-electron chi connectivity index (χ3n) is 7.04. The molecule has 2 aromatic rings. The molecule has 2 heterocycles. The molecule has 0 radical (unpaired) electrons. The minimum Gasteiger partial charge on any atom is -0.504 e. The van der Waals surface area contributed by atoms with Crippen LogP contribution in [0.2, 0.25) is 0 Å². The van der Waals surface area contributed by atoms with E-state index >= 15 is 0 Å². The first kappa shape index (κ1) is 27.4. The van der Waals surface area contributed by atoms with Gasteiger partial charge in [0.05, 0.1) is 33.5 Å². The monoisotopic (exact) mass is 522 g/mol. The van der Waals surface area contributed by atoms with Gasteiger partial charge in [-0.15, -0.1) is 0 Å². The fourth-order valence-corrected chi connectivity index (χ4v) is 4.92. The zero-order valence-corrected chi connectivity index (χ0v) is 20.6.